The molecule has 10 heteroatoms. The quantitative estimate of drug-likeness (QED) is 0.484. The van der Waals surface area contributed by atoms with Gasteiger partial charge in [-0.25, -0.2) is 23.1 Å². The Balaban J connectivity index is 0.000000331. The van der Waals surface area contributed by atoms with Gasteiger partial charge in [0.1, 0.15) is 17.3 Å². The zero-order chi connectivity index (χ0) is 23.8. The lowest BCUT2D eigenvalue weighted by molar-refractivity contribution is -0.134. The summed E-state index contributed by atoms with van der Waals surface area (Å²) < 4.78 is 35.3. The molecule has 174 valence electrons. The number of fused-ring (bicyclic) bond motifs is 1. The van der Waals surface area contributed by atoms with Crippen LogP contribution in [-0.2, 0) is 9.59 Å². The SMILES string of the molecule is Fc1ccc2c(c1)c(OC[C@H]1CCCNC1)nn2-c1ccccc1F.O=C(O)/C=C\C(=O)O. The van der Waals surface area contributed by atoms with Crippen LogP contribution in [0.3, 0.4) is 0 Å². The van der Waals surface area contributed by atoms with Crippen LogP contribution in [0.4, 0.5) is 8.78 Å². The lowest BCUT2D eigenvalue weighted by atomic mass is 10.0. The third-order valence-corrected chi connectivity index (χ3v) is 4.91. The average molecular weight is 459 g/mol. The maximum atomic E-state index is 14.2. The van der Waals surface area contributed by atoms with Gasteiger partial charge in [-0.1, -0.05) is 12.1 Å². The van der Waals surface area contributed by atoms with Crippen LogP contribution >= 0.6 is 0 Å². The number of para-hydroxylation sites is 1. The van der Waals surface area contributed by atoms with Gasteiger partial charge in [-0.15, -0.1) is 5.10 Å². The molecule has 0 spiro atoms. The lowest BCUT2D eigenvalue weighted by Crippen LogP contribution is -2.33. The highest BCUT2D eigenvalue weighted by Crippen LogP contribution is 2.29. The Morgan fingerprint density at radius 3 is 2.52 bits per heavy atom. The van der Waals surface area contributed by atoms with E-state index in [9.17, 15) is 18.4 Å². The molecule has 3 N–H and O–H groups in total. The number of carboxylic acids is 2. The molecule has 1 fully saturated rings. The zero-order valence-electron chi connectivity index (χ0n) is 17.6. The smallest absolute Gasteiger partial charge is 0.328 e. The van der Waals surface area contributed by atoms with Crippen LogP contribution in [0, 0.1) is 17.6 Å². The summed E-state index contributed by atoms with van der Waals surface area (Å²) in [5, 5.41) is 23.9. The van der Waals surface area contributed by atoms with E-state index >= 15 is 0 Å². The van der Waals surface area contributed by atoms with Crippen molar-refractivity contribution in [1.29, 1.82) is 0 Å². The molecular formula is C23H23F2N3O5. The molecule has 1 aliphatic heterocycles. The van der Waals surface area contributed by atoms with Crippen molar-refractivity contribution in [1.82, 2.24) is 15.1 Å². The average Bonchev–Trinajstić information content (AvgIpc) is 3.15. The topological polar surface area (TPSA) is 114 Å². The minimum absolute atomic E-state index is 0.313. The van der Waals surface area contributed by atoms with E-state index in [0.29, 0.717) is 47.1 Å². The Morgan fingerprint density at radius 1 is 1.15 bits per heavy atom. The molecule has 0 radical (unpaired) electrons. The van der Waals surface area contributed by atoms with Crippen molar-refractivity contribution in [3.05, 3.63) is 66.3 Å². The molecule has 0 aliphatic carbocycles. The monoisotopic (exact) mass is 459 g/mol. The lowest BCUT2D eigenvalue weighted by Gasteiger charge is -2.22. The normalized spacial score (nSPS) is 15.8. The zero-order valence-corrected chi connectivity index (χ0v) is 17.6. The van der Waals surface area contributed by atoms with E-state index in [-0.39, 0.29) is 11.6 Å². The summed E-state index contributed by atoms with van der Waals surface area (Å²) in [5.41, 5.74) is 0.927. The fourth-order valence-electron chi connectivity index (χ4n) is 3.38. The van der Waals surface area contributed by atoms with Crippen molar-refractivity contribution >= 4 is 22.8 Å². The number of aliphatic carboxylic acids is 2. The van der Waals surface area contributed by atoms with E-state index in [2.05, 4.69) is 10.4 Å². The maximum Gasteiger partial charge on any atom is 0.328 e. The molecule has 33 heavy (non-hydrogen) atoms. The molecule has 2 heterocycles. The number of carboxylic acid groups (broad SMARTS) is 2. The molecule has 0 saturated carbocycles. The van der Waals surface area contributed by atoms with Gasteiger partial charge in [-0.2, -0.15) is 0 Å². The highest BCUT2D eigenvalue weighted by Gasteiger charge is 2.19. The number of piperidine rings is 1. The second-order valence-corrected chi connectivity index (χ2v) is 7.36. The summed E-state index contributed by atoms with van der Waals surface area (Å²) >= 11 is 0. The predicted molar refractivity (Wildman–Crippen MR) is 116 cm³/mol. The maximum absolute atomic E-state index is 14.2. The van der Waals surface area contributed by atoms with Gasteiger partial charge in [0.25, 0.3) is 0 Å². The highest BCUT2D eigenvalue weighted by molar-refractivity contribution is 5.89. The van der Waals surface area contributed by atoms with Crippen LogP contribution in [0.2, 0.25) is 0 Å². The van der Waals surface area contributed by atoms with Gasteiger partial charge in [0.05, 0.1) is 17.5 Å². The van der Waals surface area contributed by atoms with Gasteiger partial charge in [-0.3, -0.25) is 0 Å². The van der Waals surface area contributed by atoms with E-state index in [0.717, 1.165) is 25.9 Å². The minimum atomic E-state index is -1.26. The third kappa shape index (κ3) is 6.59. The fourth-order valence-corrected chi connectivity index (χ4v) is 3.38. The molecule has 0 unspecified atom stereocenters. The first-order chi connectivity index (χ1) is 15.8. The second kappa shape index (κ2) is 11.2. The number of hydrogen-bond donors (Lipinski definition) is 3. The van der Waals surface area contributed by atoms with E-state index in [1.807, 2.05) is 0 Å². The van der Waals surface area contributed by atoms with Crippen molar-refractivity contribution in [2.45, 2.75) is 12.8 Å². The number of nitrogens with zero attached hydrogens (tertiary/aromatic N) is 2. The van der Waals surface area contributed by atoms with E-state index in [1.54, 1.807) is 24.3 Å². The van der Waals surface area contributed by atoms with Crippen molar-refractivity contribution in [2.24, 2.45) is 5.92 Å². The van der Waals surface area contributed by atoms with Gasteiger partial charge in [0, 0.05) is 24.6 Å². The molecule has 4 rings (SSSR count). The van der Waals surface area contributed by atoms with Gasteiger partial charge in [-0.05, 0) is 49.7 Å². The molecular weight excluding hydrogens is 436 g/mol. The summed E-state index contributed by atoms with van der Waals surface area (Å²) in [6.45, 7) is 2.44. The Kier molecular flexibility index (Phi) is 8.09. The van der Waals surface area contributed by atoms with Gasteiger partial charge in [0.15, 0.2) is 0 Å². The first-order valence-corrected chi connectivity index (χ1v) is 10.3. The van der Waals surface area contributed by atoms with E-state index < -0.39 is 11.9 Å². The van der Waals surface area contributed by atoms with Crippen LogP contribution in [0.5, 0.6) is 5.88 Å². The summed E-state index contributed by atoms with van der Waals surface area (Å²) in [6, 6.07) is 10.7. The first kappa shape index (κ1) is 23.9. The first-order valence-electron chi connectivity index (χ1n) is 10.3. The number of ether oxygens (including phenoxy) is 1. The predicted octanol–water partition coefficient (Wildman–Crippen LogP) is 3.39. The van der Waals surface area contributed by atoms with Gasteiger partial charge >= 0.3 is 11.9 Å². The van der Waals surface area contributed by atoms with E-state index in [4.69, 9.17) is 14.9 Å². The molecule has 1 aliphatic rings. The van der Waals surface area contributed by atoms with Crippen LogP contribution in [0.25, 0.3) is 16.6 Å². The molecule has 1 saturated heterocycles. The Labute approximate surface area is 188 Å². The second-order valence-electron chi connectivity index (χ2n) is 7.36. The van der Waals surface area contributed by atoms with Crippen molar-refractivity contribution < 1.29 is 33.3 Å². The number of carbonyl (C=O) groups is 2. The molecule has 3 aromatic rings. The Hall–Kier alpha value is -3.79. The number of benzene rings is 2. The van der Waals surface area contributed by atoms with Crippen LogP contribution in [0.15, 0.2) is 54.6 Å². The number of hydrogen-bond acceptors (Lipinski definition) is 5. The summed E-state index contributed by atoms with van der Waals surface area (Å²) in [6.07, 6.45) is 3.32. The Bertz CT molecular complexity index is 1140. The highest BCUT2D eigenvalue weighted by atomic mass is 19.1. The third-order valence-electron chi connectivity index (χ3n) is 4.91. The Morgan fingerprint density at radius 2 is 1.88 bits per heavy atom. The number of halogens is 2. The van der Waals surface area contributed by atoms with E-state index in [1.165, 1.54) is 22.9 Å². The van der Waals surface area contributed by atoms with Crippen molar-refractivity contribution in [3.8, 4) is 11.6 Å². The molecule has 1 aromatic heterocycles. The van der Waals surface area contributed by atoms with Crippen LogP contribution < -0.4 is 10.1 Å². The standard InChI is InChI=1S/C19H19F2N3O.C4H4O4/c20-14-7-8-17-15(10-14)19(25-12-13-4-3-9-22-11-13)23-24(17)18-6-2-1-5-16(18)21;5-3(6)1-2-4(7)8/h1-2,5-8,10,13,22H,3-4,9,11-12H2;1-2H,(H,5,6)(H,7,8)/b;2-1-/t13-;/m0./s1. The fraction of sp³-hybridized carbons (Fsp3) is 0.261. The number of rotatable bonds is 6. The summed E-state index contributed by atoms with van der Waals surface area (Å²) in [5.74, 6) is -2.54. The molecule has 2 aromatic carbocycles. The van der Waals surface area contributed by atoms with Gasteiger partial charge in [0.2, 0.25) is 5.88 Å². The minimum Gasteiger partial charge on any atom is -0.478 e. The number of aromatic nitrogens is 2. The van der Waals surface area contributed by atoms with Crippen molar-refractivity contribution in [2.75, 3.05) is 19.7 Å². The van der Waals surface area contributed by atoms with Crippen molar-refractivity contribution in [3.63, 3.8) is 0 Å². The largest absolute Gasteiger partial charge is 0.478 e. The summed E-state index contributed by atoms with van der Waals surface area (Å²) in [4.78, 5) is 19.1. The molecule has 0 bridgehead atoms. The molecule has 8 nitrogen and oxygen atoms in total. The van der Waals surface area contributed by atoms with Crippen LogP contribution in [-0.4, -0.2) is 51.6 Å². The molecule has 0 amide bonds. The molecule has 1 atom stereocenters. The summed E-state index contributed by atoms with van der Waals surface area (Å²) in [7, 11) is 0. The number of nitrogens with one attached hydrogen (secondary N) is 1. The van der Waals surface area contributed by atoms with Crippen LogP contribution in [0.1, 0.15) is 12.8 Å². The van der Waals surface area contributed by atoms with Gasteiger partial charge < -0.3 is 20.3 Å².